The first-order valence-corrected chi connectivity index (χ1v) is 6.96. The molecule has 0 aliphatic carbocycles. The average molecular weight is 302 g/mol. The van der Waals surface area contributed by atoms with Crippen LogP contribution >= 0.6 is 11.6 Å². The lowest BCUT2D eigenvalue weighted by atomic mass is 10.1. The van der Waals surface area contributed by atoms with Gasteiger partial charge >= 0.3 is 0 Å². The topological polar surface area (TPSA) is 37.8 Å². The predicted octanol–water partition coefficient (Wildman–Crippen LogP) is 4.60. The highest BCUT2D eigenvalue weighted by atomic mass is 35.5. The molecule has 21 heavy (non-hydrogen) atoms. The lowest BCUT2D eigenvalue weighted by Gasteiger charge is -2.16. The number of fused-ring (bicyclic) bond motifs is 1. The fraction of sp³-hybridized carbons (Fsp3) is 0.125. The van der Waals surface area contributed by atoms with Gasteiger partial charge in [-0.05, 0) is 24.6 Å². The van der Waals surface area contributed by atoms with Crippen molar-refractivity contribution in [1.29, 1.82) is 0 Å². The van der Waals surface area contributed by atoms with Crippen LogP contribution < -0.4 is 5.32 Å². The zero-order valence-electron chi connectivity index (χ0n) is 11.3. The van der Waals surface area contributed by atoms with E-state index >= 15 is 0 Å². The van der Waals surface area contributed by atoms with E-state index in [4.69, 9.17) is 11.6 Å². The van der Waals surface area contributed by atoms with Crippen molar-refractivity contribution < 1.29 is 4.39 Å². The van der Waals surface area contributed by atoms with Crippen LogP contribution in [0, 0.1) is 5.82 Å². The number of hydrogen-bond acceptors (Lipinski definition) is 3. The largest absolute Gasteiger partial charge is 0.362 e. The van der Waals surface area contributed by atoms with Gasteiger partial charge in [0.05, 0.1) is 6.04 Å². The molecule has 0 spiro atoms. The molecule has 3 nitrogen and oxygen atoms in total. The molecule has 0 aliphatic rings. The van der Waals surface area contributed by atoms with Crippen LogP contribution in [0.4, 0.5) is 10.2 Å². The molecule has 1 heterocycles. The number of halogens is 2. The lowest BCUT2D eigenvalue weighted by molar-refractivity contribution is 0.626. The molecular weight excluding hydrogens is 289 g/mol. The van der Waals surface area contributed by atoms with Gasteiger partial charge in [-0.25, -0.2) is 4.39 Å². The van der Waals surface area contributed by atoms with Crippen LogP contribution in [0.3, 0.4) is 0 Å². The molecule has 0 fully saturated rings. The number of rotatable bonds is 3. The number of anilines is 1. The fourth-order valence-electron chi connectivity index (χ4n) is 2.22. The maximum atomic E-state index is 13.0. The summed E-state index contributed by atoms with van der Waals surface area (Å²) in [5, 5.41) is 13.5. The quantitative estimate of drug-likeness (QED) is 0.768. The Morgan fingerprint density at radius 2 is 1.67 bits per heavy atom. The molecule has 106 valence electrons. The lowest BCUT2D eigenvalue weighted by Crippen LogP contribution is -2.09. The van der Waals surface area contributed by atoms with Gasteiger partial charge in [0, 0.05) is 10.8 Å². The molecule has 0 saturated heterocycles. The van der Waals surface area contributed by atoms with E-state index in [1.165, 1.54) is 12.1 Å². The molecule has 1 unspecified atom stereocenters. The summed E-state index contributed by atoms with van der Waals surface area (Å²) in [5.41, 5.74) is 0.970. The van der Waals surface area contributed by atoms with Crippen LogP contribution in [0.2, 0.25) is 5.15 Å². The van der Waals surface area contributed by atoms with E-state index in [0.717, 1.165) is 16.3 Å². The Bertz CT molecular complexity index is 774. The van der Waals surface area contributed by atoms with E-state index in [1.54, 1.807) is 12.1 Å². The van der Waals surface area contributed by atoms with Crippen LogP contribution in [0.25, 0.3) is 10.8 Å². The number of benzene rings is 2. The van der Waals surface area contributed by atoms with Gasteiger partial charge in [0.15, 0.2) is 11.0 Å². The van der Waals surface area contributed by atoms with E-state index in [-0.39, 0.29) is 11.9 Å². The number of nitrogens with one attached hydrogen (secondary N) is 1. The van der Waals surface area contributed by atoms with Crippen molar-refractivity contribution in [2.75, 3.05) is 5.32 Å². The van der Waals surface area contributed by atoms with Crippen molar-refractivity contribution in [2.45, 2.75) is 13.0 Å². The van der Waals surface area contributed by atoms with Gasteiger partial charge in [0.25, 0.3) is 0 Å². The van der Waals surface area contributed by atoms with Gasteiger partial charge in [0.1, 0.15) is 5.82 Å². The molecule has 3 aromatic rings. The van der Waals surface area contributed by atoms with Crippen LogP contribution in [0.5, 0.6) is 0 Å². The van der Waals surface area contributed by atoms with Crippen molar-refractivity contribution in [3.63, 3.8) is 0 Å². The molecule has 1 N–H and O–H groups in total. The molecule has 1 atom stereocenters. The first-order valence-electron chi connectivity index (χ1n) is 6.58. The Morgan fingerprint density at radius 1 is 1.00 bits per heavy atom. The summed E-state index contributed by atoms with van der Waals surface area (Å²) in [4.78, 5) is 0. The molecule has 0 bridgehead atoms. The molecule has 0 aliphatic heterocycles. The minimum Gasteiger partial charge on any atom is -0.362 e. The maximum absolute atomic E-state index is 13.0. The van der Waals surface area contributed by atoms with Gasteiger partial charge in [0.2, 0.25) is 0 Å². The monoisotopic (exact) mass is 301 g/mol. The van der Waals surface area contributed by atoms with E-state index in [0.29, 0.717) is 11.0 Å². The highest BCUT2D eigenvalue weighted by Gasteiger charge is 2.11. The van der Waals surface area contributed by atoms with E-state index < -0.39 is 0 Å². The third-order valence-electron chi connectivity index (χ3n) is 3.37. The second-order valence-corrected chi connectivity index (χ2v) is 5.16. The third-order valence-corrected chi connectivity index (χ3v) is 3.64. The average Bonchev–Trinajstić information content (AvgIpc) is 2.51. The minimum absolute atomic E-state index is 0.0236. The van der Waals surface area contributed by atoms with Crippen LogP contribution in [0.1, 0.15) is 18.5 Å². The fourth-order valence-corrected chi connectivity index (χ4v) is 2.42. The minimum atomic E-state index is -0.248. The summed E-state index contributed by atoms with van der Waals surface area (Å²) in [7, 11) is 0. The van der Waals surface area contributed by atoms with Gasteiger partial charge in [-0.3, -0.25) is 0 Å². The van der Waals surface area contributed by atoms with Crippen LogP contribution in [-0.4, -0.2) is 10.2 Å². The second-order valence-electron chi connectivity index (χ2n) is 4.80. The van der Waals surface area contributed by atoms with Crippen molar-refractivity contribution >= 4 is 28.2 Å². The maximum Gasteiger partial charge on any atom is 0.159 e. The SMILES string of the molecule is CC(Nc1nnc(Cl)c2ccccc12)c1ccc(F)cc1. The van der Waals surface area contributed by atoms with Gasteiger partial charge in [-0.1, -0.05) is 48.0 Å². The second kappa shape index (κ2) is 5.66. The smallest absolute Gasteiger partial charge is 0.159 e. The molecule has 0 amide bonds. The molecule has 1 aromatic heterocycles. The molecular formula is C16H13ClFN3. The molecule has 0 radical (unpaired) electrons. The van der Waals surface area contributed by atoms with Crippen molar-refractivity contribution in [3.8, 4) is 0 Å². The Hall–Kier alpha value is -2.20. The van der Waals surface area contributed by atoms with Gasteiger partial charge < -0.3 is 5.32 Å². The summed E-state index contributed by atoms with van der Waals surface area (Å²) in [6.45, 7) is 1.98. The number of hydrogen-bond donors (Lipinski definition) is 1. The zero-order valence-corrected chi connectivity index (χ0v) is 12.1. The molecule has 3 rings (SSSR count). The van der Waals surface area contributed by atoms with Crippen LogP contribution in [0.15, 0.2) is 48.5 Å². The Balaban J connectivity index is 1.95. The first kappa shape index (κ1) is 13.8. The molecule has 5 heteroatoms. The van der Waals surface area contributed by atoms with Gasteiger partial charge in [-0.15, -0.1) is 10.2 Å². The van der Waals surface area contributed by atoms with Crippen molar-refractivity contribution in [1.82, 2.24) is 10.2 Å². The summed E-state index contributed by atoms with van der Waals surface area (Å²) in [5.74, 6) is 0.412. The van der Waals surface area contributed by atoms with Gasteiger partial charge in [-0.2, -0.15) is 0 Å². The van der Waals surface area contributed by atoms with E-state index in [2.05, 4.69) is 15.5 Å². The Morgan fingerprint density at radius 3 is 2.38 bits per heavy atom. The highest BCUT2D eigenvalue weighted by Crippen LogP contribution is 2.28. The summed E-state index contributed by atoms with van der Waals surface area (Å²) in [6.07, 6.45) is 0. The first-order chi connectivity index (χ1) is 10.1. The van der Waals surface area contributed by atoms with Crippen molar-refractivity contribution in [3.05, 3.63) is 65.1 Å². The third kappa shape index (κ3) is 2.81. The molecule has 2 aromatic carbocycles. The Kier molecular flexibility index (Phi) is 3.71. The molecule has 0 saturated carbocycles. The predicted molar refractivity (Wildman–Crippen MR) is 83.0 cm³/mol. The summed E-state index contributed by atoms with van der Waals surface area (Å²) in [6, 6.07) is 14.0. The van der Waals surface area contributed by atoms with Crippen LogP contribution in [-0.2, 0) is 0 Å². The van der Waals surface area contributed by atoms with Crippen molar-refractivity contribution in [2.24, 2.45) is 0 Å². The normalized spacial score (nSPS) is 12.3. The number of nitrogens with zero attached hydrogens (tertiary/aromatic N) is 2. The van der Waals surface area contributed by atoms with E-state index in [1.807, 2.05) is 31.2 Å². The summed E-state index contributed by atoms with van der Waals surface area (Å²) < 4.78 is 13.0. The highest BCUT2D eigenvalue weighted by molar-refractivity contribution is 6.34. The summed E-state index contributed by atoms with van der Waals surface area (Å²) >= 11 is 6.06. The number of aromatic nitrogens is 2. The Labute approximate surface area is 126 Å². The van der Waals surface area contributed by atoms with E-state index in [9.17, 15) is 4.39 Å². The zero-order chi connectivity index (χ0) is 14.8. The standard InChI is InChI=1S/C16H13ClFN3/c1-10(11-6-8-12(18)9-7-11)19-16-14-5-3-2-4-13(14)15(17)20-21-16/h2-10H,1H3,(H,19,21).